The summed E-state index contributed by atoms with van der Waals surface area (Å²) in [5.74, 6) is 1.01. The third-order valence-electron chi connectivity index (χ3n) is 4.59. The topological polar surface area (TPSA) is 39.1 Å². The van der Waals surface area contributed by atoms with E-state index in [1.165, 1.54) is 25.7 Å². The number of nitrogens with one attached hydrogen (secondary N) is 1. The summed E-state index contributed by atoms with van der Waals surface area (Å²) in [6.07, 6.45) is 5.03. The molecule has 0 aliphatic carbocycles. The Morgan fingerprint density at radius 2 is 2.29 bits per heavy atom. The lowest BCUT2D eigenvalue weighted by Crippen LogP contribution is -2.44. The zero-order chi connectivity index (χ0) is 14.7. The van der Waals surface area contributed by atoms with Crippen molar-refractivity contribution in [1.29, 1.82) is 5.26 Å². The minimum atomic E-state index is 0.557. The molecule has 1 N–H and O–H groups in total. The Bertz CT molecular complexity index is 531. The number of nitrogens with zero attached hydrogens (tertiary/aromatic N) is 2. The number of rotatable bonds is 4. The van der Waals surface area contributed by atoms with Crippen molar-refractivity contribution in [2.45, 2.75) is 49.6 Å². The molecule has 1 aromatic rings. The molecule has 2 aliphatic rings. The zero-order valence-corrected chi connectivity index (χ0v) is 13.5. The molecule has 2 fully saturated rings. The lowest BCUT2D eigenvalue weighted by Gasteiger charge is -2.32. The second-order valence-electron chi connectivity index (χ2n) is 5.80. The first-order valence-electron chi connectivity index (χ1n) is 8.01. The molecule has 2 unspecified atom stereocenters. The van der Waals surface area contributed by atoms with Gasteiger partial charge in [0.15, 0.2) is 0 Å². The van der Waals surface area contributed by atoms with Crippen LogP contribution in [-0.4, -0.2) is 30.9 Å². The molecular weight excluding hydrogens is 278 g/mol. The van der Waals surface area contributed by atoms with Gasteiger partial charge in [0.1, 0.15) is 6.07 Å². The summed E-state index contributed by atoms with van der Waals surface area (Å²) >= 11 is 1.77. The molecule has 0 saturated carbocycles. The summed E-state index contributed by atoms with van der Waals surface area (Å²) in [6.45, 7) is 4.36. The molecule has 112 valence electrons. The summed E-state index contributed by atoms with van der Waals surface area (Å²) in [4.78, 5) is 3.61. The van der Waals surface area contributed by atoms with E-state index in [2.05, 4.69) is 41.4 Å². The zero-order valence-electron chi connectivity index (χ0n) is 12.6. The maximum atomic E-state index is 9.63. The van der Waals surface area contributed by atoms with Crippen LogP contribution in [0, 0.1) is 11.3 Å². The van der Waals surface area contributed by atoms with Crippen molar-refractivity contribution in [2.24, 2.45) is 0 Å². The highest BCUT2D eigenvalue weighted by Gasteiger charge is 2.34. The lowest BCUT2D eigenvalue weighted by molar-refractivity contribution is 0.482. The lowest BCUT2D eigenvalue weighted by atomic mass is 10.0. The van der Waals surface area contributed by atoms with Crippen molar-refractivity contribution in [3.63, 3.8) is 0 Å². The quantitative estimate of drug-likeness (QED) is 0.865. The van der Waals surface area contributed by atoms with Gasteiger partial charge in [-0.25, -0.2) is 0 Å². The third kappa shape index (κ3) is 2.90. The monoisotopic (exact) mass is 301 g/mol. The summed E-state index contributed by atoms with van der Waals surface area (Å²) < 4.78 is 0. The number of hydrogen-bond donors (Lipinski definition) is 1. The molecular formula is C17H23N3S. The van der Waals surface area contributed by atoms with Gasteiger partial charge in [0.05, 0.1) is 11.3 Å². The van der Waals surface area contributed by atoms with Crippen LogP contribution < -0.4 is 10.2 Å². The Morgan fingerprint density at radius 3 is 3.00 bits per heavy atom. The van der Waals surface area contributed by atoms with Crippen LogP contribution in [0.3, 0.4) is 0 Å². The first kappa shape index (κ1) is 14.7. The number of benzene rings is 1. The molecule has 1 aromatic carbocycles. The Labute approximate surface area is 131 Å². The van der Waals surface area contributed by atoms with Crippen LogP contribution >= 0.6 is 11.8 Å². The highest BCUT2D eigenvalue weighted by Crippen LogP contribution is 2.35. The van der Waals surface area contributed by atoms with Gasteiger partial charge in [-0.2, -0.15) is 5.26 Å². The number of hydrogen-bond acceptors (Lipinski definition) is 4. The molecule has 21 heavy (non-hydrogen) atoms. The molecule has 0 spiro atoms. The van der Waals surface area contributed by atoms with Crippen molar-refractivity contribution < 1.29 is 0 Å². The molecule has 2 aliphatic heterocycles. The standard InChI is InChI=1S/C17H23N3S/c1-2-21-17-9-3-7-15(13(17)12-18)20-11-5-8-16(20)14-6-4-10-19-14/h3,7,9,14,16,19H,2,4-6,8,10-11H2,1H3. The van der Waals surface area contributed by atoms with E-state index in [9.17, 15) is 5.26 Å². The smallest absolute Gasteiger partial charge is 0.103 e. The summed E-state index contributed by atoms with van der Waals surface area (Å²) in [5, 5.41) is 13.3. The van der Waals surface area contributed by atoms with E-state index in [0.717, 1.165) is 35.0 Å². The minimum absolute atomic E-state index is 0.557. The van der Waals surface area contributed by atoms with Gasteiger partial charge >= 0.3 is 0 Å². The Kier molecular flexibility index (Phi) is 4.72. The molecule has 0 bridgehead atoms. The van der Waals surface area contributed by atoms with Gasteiger partial charge in [0, 0.05) is 23.5 Å². The van der Waals surface area contributed by atoms with Gasteiger partial charge in [-0.05, 0) is 50.1 Å². The largest absolute Gasteiger partial charge is 0.366 e. The van der Waals surface area contributed by atoms with E-state index in [1.54, 1.807) is 11.8 Å². The van der Waals surface area contributed by atoms with E-state index in [0.29, 0.717) is 12.1 Å². The average Bonchev–Trinajstić information content (AvgIpc) is 3.18. The molecule has 2 saturated heterocycles. The molecule has 2 heterocycles. The van der Waals surface area contributed by atoms with Crippen molar-refractivity contribution in [3.8, 4) is 6.07 Å². The normalized spacial score (nSPS) is 25.2. The van der Waals surface area contributed by atoms with Crippen LogP contribution in [0.25, 0.3) is 0 Å². The van der Waals surface area contributed by atoms with E-state index < -0.39 is 0 Å². The van der Waals surface area contributed by atoms with E-state index >= 15 is 0 Å². The van der Waals surface area contributed by atoms with Gasteiger partial charge in [-0.3, -0.25) is 0 Å². The van der Waals surface area contributed by atoms with E-state index in [4.69, 9.17) is 0 Å². The predicted molar refractivity (Wildman–Crippen MR) is 88.9 cm³/mol. The number of anilines is 1. The number of thioether (sulfide) groups is 1. The van der Waals surface area contributed by atoms with E-state index in [-0.39, 0.29) is 0 Å². The third-order valence-corrected chi connectivity index (χ3v) is 5.53. The molecule has 2 atom stereocenters. The highest BCUT2D eigenvalue weighted by atomic mass is 32.2. The van der Waals surface area contributed by atoms with Crippen molar-refractivity contribution >= 4 is 17.4 Å². The van der Waals surface area contributed by atoms with Gasteiger partial charge in [0.2, 0.25) is 0 Å². The van der Waals surface area contributed by atoms with E-state index in [1.807, 2.05) is 0 Å². The van der Waals surface area contributed by atoms with Crippen LogP contribution in [0.1, 0.15) is 38.2 Å². The molecule has 3 rings (SSSR count). The first-order chi connectivity index (χ1) is 10.3. The highest BCUT2D eigenvalue weighted by molar-refractivity contribution is 7.99. The fourth-order valence-electron chi connectivity index (χ4n) is 3.70. The Balaban J connectivity index is 1.91. The van der Waals surface area contributed by atoms with Crippen LogP contribution in [0.5, 0.6) is 0 Å². The summed E-state index contributed by atoms with van der Waals surface area (Å²) in [6, 6.07) is 9.92. The first-order valence-corrected chi connectivity index (χ1v) is 8.99. The average molecular weight is 301 g/mol. The van der Waals surface area contributed by atoms with Crippen molar-refractivity contribution in [3.05, 3.63) is 23.8 Å². The van der Waals surface area contributed by atoms with Crippen LogP contribution in [0.15, 0.2) is 23.1 Å². The Hall–Kier alpha value is -1.18. The Morgan fingerprint density at radius 1 is 1.38 bits per heavy atom. The molecule has 3 nitrogen and oxygen atoms in total. The van der Waals surface area contributed by atoms with Crippen LogP contribution in [-0.2, 0) is 0 Å². The second-order valence-corrected chi connectivity index (χ2v) is 7.11. The molecule has 0 radical (unpaired) electrons. The van der Waals surface area contributed by atoms with Crippen molar-refractivity contribution in [2.75, 3.05) is 23.7 Å². The second kappa shape index (κ2) is 6.72. The van der Waals surface area contributed by atoms with Crippen LogP contribution in [0.2, 0.25) is 0 Å². The van der Waals surface area contributed by atoms with Crippen LogP contribution in [0.4, 0.5) is 5.69 Å². The van der Waals surface area contributed by atoms with Gasteiger partial charge < -0.3 is 10.2 Å². The van der Waals surface area contributed by atoms with Crippen molar-refractivity contribution in [1.82, 2.24) is 5.32 Å². The SMILES string of the molecule is CCSc1cccc(N2CCCC2C2CCCN2)c1C#N. The fraction of sp³-hybridized carbons (Fsp3) is 0.588. The maximum absolute atomic E-state index is 9.63. The van der Waals surface area contributed by atoms with Gasteiger partial charge in [0.25, 0.3) is 0 Å². The molecule has 4 heteroatoms. The maximum Gasteiger partial charge on any atom is 0.103 e. The fourth-order valence-corrected chi connectivity index (χ4v) is 4.48. The molecule has 0 amide bonds. The van der Waals surface area contributed by atoms with Gasteiger partial charge in [-0.15, -0.1) is 11.8 Å². The predicted octanol–water partition coefficient (Wildman–Crippen LogP) is 3.39. The summed E-state index contributed by atoms with van der Waals surface area (Å²) in [5.41, 5.74) is 2.02. The minimum Gasteiger partial charge on any atom is -0.366 e. The number of nitriles is 1. The molecule has 0 aromatic heterocycles. The summed E-state index contributed by atoms with van der Waals surface area (Å²) in [7, 11) is 0. The van der Waals surface area contributed by atoms with Gasteiger partial charge in [-0.1, -0.05) is 13.0 Å².